The van der Waals surface area contributed by atoms with Crippen molar-refractivity contribution in [3.05, 3.63) is 23.9 Å². The third kappa shape index (κ3) is 2.98. The molecule has 1 fully saturated rings. The Kier molecular flexibility index (Phi) is 4.15. The molecule has 2 rings (SSSR count). The van der Waals surface area contributed by atoms with Gasteiger partial charge in [-0.2, -0.15) is 0 Å². The Bertz CT molecular complexity index is 401. The van der Waals surface area contributed by atoms with Gasteiger partial charge in [-0.05, 0) is 31.9 Å². The van der Waals surface area contributed by atoms with Gasteiger partial charge in [-0.15, -0.1) is 0 Å². The molecular weight excluding hydrogens is 230 g/mol. The fraction of sp³-hybridized carbons (Fsp3) is 0.538. The lowest BCUT2D eigenvalue weighted by molar-refractivity contribution is 0.0707. The van der Waals surface area contributed by atoms with Crippen LogP contribution in [0.15, 0.2) is 18.3 Å². The van der Waals surface area contributed by atoms with Gasteiger partial charge in [0.2, 0.25) is 0 Å². The highest BCUT2D eigenvalue weighted by molar-refractivity contribution is 5.94. The number of nitrogens with one attached hydrogen (secondary N) is 1. The first-order valence-corrected chi connectivity index (χ1v) is 6.38. The molecule has 0 atom stereocenters. The summed E-state index contributed by atoms with van der Waals surface area (Å²) in [7, 11) is 0. The van der Waals surface area contributed by atoms with Crippen molar-refractivity contribution in [3.8, 4) is 0 Å². The lowest BCUT2D eigenvalue weighted by atomic mass is 10.2. The quantitative estimate of drug-likeness (QED) is 0.792. The number of nitrogens with zero attached hydrogens (tertiary/aromatic N) is 2. The van der Waals surface area contributed by atoms with Crippen LogP contribution in [0.3, 0.4) is 0 Å². The Hall–Kier alpha value is -1.62. The Balaban J connectivity index is 2.06. The van der Waals surface area contributed by atoms with E-state index in [1.807, 2.05) is 6.92 Å². The molecule has 0 unspecified atom stereocenters. The first-order chi connectivity index (χ1) is 8.76. The molecule has 1 aromatic heterocycles. The molecule has 2 N–H and O–H groups in total. The van der Waals surface area contributed by atoms with Crippen LogP contribution in [0.25, 0.3) is 0 Å². The van der Waals surface area contributed by atoms with Gasteiger partial charge in [0.05, 0.1) is 12.2 Å². The number of aliphatic hydroxyl groups is 1. The molecule has 0 saturated heterocycles. The van der Waals surface area contributed by atoms with Crippen molar-refractivity contribution in [3.63, 3.8) is 0 Å². The van der Waals surface area contributed by atoms with E-state index in [9.17, 15) is 4.79 Å². The summed E-state index contributed by atoms with van der Waals surface area (Å²) in [6.45, 7) is 3.21. The number of hydrogen-bond acceptors (Lipinski definition) is 4. The molecular formula is C13H19N3O2. The van der Waals surface area contributed by atoms with Crippen molar-refractivity contribution in [2.45, 2.75) is 25.8 Å². The maximum absolute atomic E-state index is 12.2. The van der Waals surface area contributed by atoms with Crippen LogP contribution in [-0.2, 0) is 0 Å². The van der Waals surface area contributed by atoms with E-state index in [-0.39, 0.29) is 12.5 Å². The molecule has 1 aliphatic carbocycles. The van der Waals surface area contributed by atoms with Crippen molar-refractivity contribution in [2.75, 3.05) is 25.0 Å². The molecule has 0 aliphatic heterocycles. The number of hydrogen-bond donors (Lipinski definition) is 2. The first kappa shape index (κ1) is 12.8. The minimum absolute atomic E-state index is 0.00510. The predicted molar refractivity (Wildman–Crippen MR) is 69.5 cm³/mol. The number of anilines is 1. The zero-order valence-corrected chi connectivity index (χ0v) is 10.6. The Morgan fingerprint density at radius 2 is 2.33 bits per heavy atom. The molecule has 1 heterocycles. The van der Waals surface area contributed by atoms with Crippen LogP contribution >= 0.6 is 0 Å². The van der Waals surface area contributed by atoms with E-state index in [2.05, 4.69) is 10.3 Å². The van der Waals surface area contributed by atoms with E-state index in [0.717, 1.165) is 25.2 Å². The van der Waals surface area contributed by atoms with Crippen LogP contribution in [0.4, 0.5) is 5.82 Å². The van der Waals surface area contributed by atoms with Crippen LogP contribution in [0.5, 0.6) is 0 Å². The van der Waals surface area contributed by atoms with Gasteiger partial charge in [0.15, 0.2) is 0 Å². The maximum Gasteiger partial charge on any atom is 0.255 e. The van der Waals surface area contributed by atoms with E-state index in [0.29, 0.717) is 18.2 Å². The highest BCUT2D eigenvalue weighted by Gasteiger charge is 2.32. The summed E-state index contributed by atoms with van der Waals surface area (Å²) in [6, 6.07) is 3.89. The predicted octanol–water partition coefficient (Wildman–Crippen LogP) is 1.11. The van der Waals surface area contributed by atoms with Crippen LogP contribution in [0, 0.1) is 0 Å². The number of amides is 1. The second-order valence-electron chi connectivity index (χ2n) is 4.42. The van der Waals surface area contributed by atoms with Crippen LogP contribution in [-0.4, -0.2) is 46.6 Å². The van der Waals surface area contributed by atoms with Gasteiger partial charge in [0.1, 0.15) is 5.82 Å². The normalized spacial score (nSPS) is 14.3. The Morgan fingerprint density at radius 3 is 2.83 bits per heavy atom. The van der Waals surface area contributed by atoms with Crippen molar-refractivity contribution in [1.29, 1.82) is 0 Å². The molecule has 1 aromatic rings. The molecule has 0 bridgehead atoms. The number of pyridine rings is 1. The van der Waals surface area contributed by atoms with E-state index in [1.54, 1.807) is 23.2 Å². The zero-order valence-electron chi connectivity index (χ0n) is 10.6. The average molecular weight is 249 g/mol. The number of aromatic nitrogens is 1. The van der Waals surface area contributed by atoms with Gasteiger partial charge in [0, 0.05) is 25.3 Å². The largest absolute Gasteiger partial charge is 0.395 e. The van der Waals surface area contributed by atoms with Gasteiger partial charge in [-0.25, -0.2) is 4.98 Å². The van der Waals surface area contributed by atoms with Gasteiger partial charge in [0.25, 0.3) is 5.91 Å². The molecule has 0 radical (unpaired) electrons. The minimum Gasteiger partial charge on any atom is -0.395 e. The molecule has 0 aromatic carbocycles. The number of carbonyl (C=O) groups excluding carboxylic acids is 1. The Morgan fingerprint density at radius 1 is 1.56 bits per heavy atom. The summed E-state index contributed by atoms with van der Waals surface area (Å²) < 4.78 is 0. The summed E-state index contributed by atoms with van der Waals surface area (Å²) in [5.74, 6) is 0.733. The van der Waals surface area contributed by atoms with Crippen molar-refractivity contribution >= 4 is 11.7 Å². The first-order valence-electron chi connectivity index (χ1n) is 6.38. The van der Waals surface area contributed by atoms with Gasteiger partial charge < -0.3 is 15.3 Å². The molecule has 0 spiro atoms. The summed E-state index contributed by atoms with van der Waals surface area (Å²) in [6.07, 6.45) is 3.66. The Labute approximate surface area is 107 Å². The highest BCUT2D eigenvalue weighted by atomic mass is 16.3. The third-order valence-corrected chi connectivity index (χ3v) is 2.96. The summed E-state index contributed by atoms with van der Waals surface area (Å²) in [5.41, 5.74) is 0.581. The van der Waals surface area contributed by atoms with Gasteiger partial charge in [-0.3, -0.25) is 4.79 Å². The number of aliphatic hydroxyl groups excluding tert-OH is 1. The lowest BCUT2D eigenvalue weighted by Crippen LogP contribution is -2.35. The second-order valence-corrected chi connectivity index (χ2v) is 4.42. The van der Waals surface area contributed by atoms with Crippen molar-refractivity contribution in [2.24, 2.45) is 0 Å². The molecule has 98 valence electrons. The lowest BCUT2D eigenvalue weighted by Gasteiger charge is -2.21. The molecule has 1 amide bonds. The fourth-order valence-corrected chi connectivity index (χ4v) is 1.92. The summed E-state index contributed by atoms with van der Waals surface area (Å²) in [4.78, 5) is 18.2. The van der Waals surface area contributed by atoms with Crippen molar-refractivity contribution < 1.29 is 9.90 Å². The van der Waals surface area contributed by atoms with E-state index >= 15 is 0 Å². The molecule has 5 nitrogen and oxygen atoms in total. The van der Waals surface area contributed by atoms with E-state index < -0.39 is 0 Å². The number of carbonyl (C=O) groups is 1. The third-order valence-electron chi connectivity index (χ3n) is 2.96. The van der Waals surface area contributed by atoms with E-state index in [4.69, 9.17) is 5.11 Å². The number of rotatable bonds is 6. The molecule has 1 saturated carbocycles. The van der Waals surface area contributed by atoms with Crippen LogP contribution in [0.2, 0.25) is 0 Å². The smallest absolute Gasteiger partial charge is 0.255 e. The minimum atomic E-state index is -0.0397. The molecule has 1 aliphatic rings. The van der Waals surface area contributed by atoms with Crippen molar-refractivity contribution in [1.82, 2.24) is 9.88 Å². The second kappa shape index (κ2) is 5.82. The summed E-state index contributed by atoms with van der Waals surface area (Å²) in [5, 5.41) is 12.1. The average Bonchev–Trinajstić information content (AvgIpc) is 3.21. The molecule has 5 heteroatoms. The summed E-state index contributed by atoms with van der Waals surface area (Å²) >= 11 is 0. The van der Waals surface area contributed by atoms with Crippen LogP contribution in [0.1, 0.15) is 30.1 Å². The van der Waals surface area contributed by atoms with Gasteiger partial charge in [-0.1, -0.05) is 0 Å². The maximum atomic E-state index is 12.2. The molecule has 18 heavy (non-hydrogen) atoms. The van der Waals surface area contributed by atoms with E-state index in [1.165, 1.54) is 0 Å². The van der Waals surface area contributed by atoms with Gasteiger partial charge >= 0.3 is 0 Å². The highest BCUT2D eigenvalue weighted by Crippen LogP contribution is 2.27. The van der Waals surface area contributed by atoms with Crippen LogP contribution < -0.4 is 5.32 Å². The topological polar surface area (TPSA) is 65.5 Å². The monoisotopic (exact) mass is 249 g/mol. The SMILES string of the molecule is CCNc1ccc(C(=O)N(CCO)C2CC2)cn1. The zero-order chi connectivity index (χ0) is 13.0. The fourth-order valence-electron chi connectivity index (χ4n) is 1.92. The standard InChI is InChI=1S/C13H19N3O2/c1-2-14-12-6-3-10(9-15-12)13(18)16(7-8-17)11-4-5-11/h3,6,9,11,17H,2,4-5,7-8H2,1H3,(H,14,15).